The SMILES string of the molecule is CCc1cc2oc(=O)cc(CSc3nnnn3-c3cc(C)ccc3OC)c2cc1Cl. The van der Waals surface area contributed by atoms with Crippen LogP contribution in [0, 0.1) is 6.92 Å². The fraction of sp³-hybridized carbons (Fsp3) is 0.238. The second-order valence-electron chi connectivity index (χ2n) is 6.72. The first kappa shape index (κ1) is 20.4. The fourth-order valence-corrected chi connectivity index (χ4v) is 4.38. The molecule has 0 amide bonds. The van der Waals surface area contributed by atoms with Crippen molar-refractivity contribution in [2.24, 2.45) is 0 Å². The lowest BCUT2D eigenvalue weighted by Crippen LogP contribution is -2.04. The van der Waals surface area contributed by atoms with Gasteiger partial charge in [-0.05, 0) is 64.7 Å². The van der Waals surface area contributed by atoms with Crippen molar-refractivity contribution in [3.05, 3.63) is 68.5 Å². The van der Waals surface area contributed by atoms with Crippen LogP contribution in [0.25, 0.3) is 16.7 Å². The van der Waals surface area contributed by atoms with Gasteiger partial charge in [0.1, 0.15) is 17.0 Å². The highest BCUT2D eigenvalue weighted by atomic mass is 35.5. The largest absolute Gasteiger partial charge is 0.494 e. The number of aromatic nitrogens is 4. The number of halogens is 1. The normalized spacial score (nSPS) is 11.2. The molecule has 0 spiro atoms. The number of hydrogen-bond acceptors (Lipinski definition) is 7. The molecule has 0 fully saturated rings. The van der Waals surface area contributed by atoms with Gasteiger partial charge in [0.15, 0.2) is 0 Å². The van der Waals surface area contributed by atoms with Crippen molar-refractivity contribution in [1.29, 1.82) is 0 Å². The van der Waals surface area contributed by atoms with Crippen LogP contribution in [0.4, 0.5) is 0 Å². The van der Waals surface area contributed by atoms with E-state index >= 15 is 0 Å². The molecule has 4 aromatic rings. The van der Waals surface area contributed by atoms with Crippen molar-refractivity contribution >= 4 is 34.3 Å². The van der Waals surface area contributed by atoms with Gasteiger partial charge in [-0.2, -0.15) is 4.68 Å². The molecule has 0 N–H and O–H groups in total. The zero-order valence-electron chi connectivity index (χ0n) is 16.7. The smallest absolute Gasteiger partial charge is 0.336 e. The maximum atomic E-state index is 12.1. The van der Waals surface area contributed by atoms with Gasteiger partial charge in [-0.15, -0.1) is 5.10 Å². The van der Waals surface area contributed by atoms with Gasteiger partial charge in [0.25, 0.3) is 0 Å². The summed E-state index contributed by atoms with van der Waals surface area (Å²) in [5, 5.41) is 14.1. The third kappa shape index (κ3) is 3.93. The third-order valence-electron chi connectivity index (χ3n) is 4.74. The topological polar surface area (TPSA) is 83.0 Å². The lowest BCUT2D eigenvalue weighted by Gasteiger charge is -2.11. The molecule has 7 nitrogen and oxygen atoms in total. The quantitative estimate of drug-likeness (QED) is 0.319. The van der Waals surface area contributed by atoms with Gasteiger partial charge in [-0.3, -0.25) is 0 Å². The summed E-state index contributed by atoms with van der Waals surface area (Å²) in [5.74, 6) is 1.14. The van der Waals surface area contributed by atoms with Crippen molar-refractivity contribution in [2.45, 2.75) is 31.2 Å². The van der Waals surface area contributed by atoms with Crippen molar-refractivity contribution in [3.8, 4) is 11.4 Å². The maximum Gasteiger partial charge on any atom is 0.336 e. The Morgan fingerprint density at radius 1 is 1.20 bits per heavy atom. The Labute approximate surface area is 182 Å². The zero-order valence-corrected chi connectivity index (χ0v) is 18.3. The molecule has 2 heterocycles. The Morgan fingerprint density at radius 3 is 2.80 bits per heavy atom. The van der Waals surface area contributed by atoms with Crippen LogP contribution in [-0.4, -0.2) is 27.3 Å². The first-order chi connectivity index (χ1) is 14.5. The summed E-state index contributed by atoms with van der Waals surface area (Å²) < 4.78 is 12.5. The van der Waals surface area contributed by atoms with Gasteiger partial charge >= 0.3 is 5.63 Å². The average molecular weight is 443 g/mol. The van der Waals surface area contributed by atoms with Gasteiger partial charge in [0.2, 0.25) is 5.16 Å². The molecule has 0 unspecified atom stereocenters. The second-order valence-corrected chi connectivity index (χ2v) is 8.07. The zero-order chi connectivity index (χ0) is 21.3. The Bertz CT molecular complexity index is 1290. The van der Waals surface area contributed by atoms with E-state index in [0.29, 0.717) is 27.3 Å². The molecular formula is C21H19ClN4O3S. The van der Waals surface area contributed by atoms with Crippen LogP contribution in [0.2, 0.25) is 5.02 Å². The first-order valence-corrected chi connectivity index (χ1v) is 10.7. The first-order valence-electron chi connectivity index (χ1n) is 9.31. The predicted molar refractivity (Wildman–Crippen MR) is 117 cm³/mol. The summed E-state index contributed by atoms with van der Waals surface area (Å²) in [6.45, 7) is 3.99. The molecule has 154 valence electrons. The van der Waals surface area contributed by atoms with Crippen molar-refractivity contribution in [3.63, 3.8) is 0 Å². The van der Waals surface area contributed by atoms with Gasteiger partial charge < -0.3 is 9.15 Å². The molecule has 4 rings (SSSR count). The molecule has 9 heteroatoms. The van der Waals surface area contributed by atoms with E-state index < -0.39 is 5.63 Å². The molecule has 30 heavy (non-hydrogen) atoms. The van der Waals surface area contributed by atoms with Crippen LogP contribution in [-0.2, 0) is 12.2 Å². The second kappa shape index (κ2) is 8.49. The highest BCUT2D eigenvalue weighted by molar-refractivity contribution is 7.98. The van der Waals surface area contributed by atoms with Crippen LogP contribution in [0.15, 0.2) is 50.8 Å². The van der Waals surface area contributed by atoms with Crippen LogP contribution in [0.3, 0.4) is 0 Å². The average Bonchev–Trinajstić information content (AvgIpc) is 3.20. The summed E-state index contributed by atoms with van der Waals surface area (Å²) in [6.07, 6.45) is 0.755. The number of thioether (sulfide) groups is 1. The minimum Gasteiger partial charge on any atom is -0.494 e. The molecule has 2 aromatic carbocycles. The number of aryl methyl sites for hydroxylation is 2. The van der Waals surface area contributed by atoms with E-state index in [1.54, 1.807) is 11.8 Å². The summed E-state index contributed by atoms with van der Waals surface area (Å²) in [5.41, 5.74) is 3.68. The standard InChI is InChI=1S/C21H19ClN4O3S/c1-4-13-8-19-15(10-16(13)22)14(9-20(27)29-19)11-30-21-23-24-25-26(21)17-7-12(2)5-6-18(17)28-3/h5-10H,4,11H2,1-3H3. The van der Waals surface area contributed by atoms with E-state index in [-0.39, 0.29) is 0 Å². The molecule has 0 saturated carbocycles. The molecule has 0 radical (unpaired) electrons. The van der Waals surface area contributed by atoms with E-state index in [0.717, 1.165) is 34.2 Å². The number of rotatable bonds is 6. The Morgan fingerprint density at radius 2 is 2.03 bits per heavy atom. The summed E-state index contributed by atoms with van der Waals surface area (Å²) in [7, 11) is 1.61. The molecule has 0 saturated heterocycles. The molecule has 0 aliphatic rings. The lowest BCUT2D eigenvalue weighted by atomic mass is 10.1. The summed E-state index contributed by atoms with van der Waals surface area (Å²) in [6, 6.07) is 11.0. The van der Waals surface area contributed by atoms with Crippen LogP contribution in [0.1, 0.15) is 23.6 Å². The number of ether oxygens (including phenoxy) is 1. The van der Waals surface area contributed by atoms with E-state index in [9.17, 15) is 4.79 Å². The molecule has 0 bridgehead atoms. The van der Waals surface area contributed by atoms with Gasteiger partial charge in [0.05, 0.1) is 7.11 Å². The molecule has 0 atom stereocenters. The Balaban J connectivity index is 1.70. The number of benzene rings is 2. The third-order valence-corrected chi connectivity index (χ3v) is 6.06. The van der Waals surface area contributed by atoms with E-state index in [1.165, 1.54) is 17.8 Å². The summed E-state index contributed by atoms with van der Waals surface area (Å²) >= 11 is 7.81. The van der Waals surface area contributed by atoms with Gasteiger partial charge in [-0.1, -0.05) is 36.4 Å². The van der Waals surface area contributed by atoms with Crippen LogP contribution < -0.4 is 10.4 Å². The monoisotopic (exact) mass is 442 g/mol. The van der Waals surface area contributed by atoms with Gasteiger partial charge in [-0.25, -0.2) is 4.79 Å². The van der Waals surface area contributed by atoms with Crippen molar-refractivity contribution < 1.29 is 9.15 Å². The minimum absolute atomic E-state index is 0.401. The fourth-order valence-electron chi connectivity index (χ4n) is 3.21. The Kier molecular flexibility index (Phi) is 5.78. The Hall–Kier alpha value is -2.84. The van der Waals surface area contributed by atoms with E-state index in [2.05, 4.69) is 15.5 Å². The lowest BCUT2D eigenvalue weighted by molar-refractivity contribution is 0.410. The minimum atomic E-state index is -0.401. The number of tetrazole rings is 1. The number of fused-ring (bicyclic) bond motifs is 1. The molecular weight excluding hydrogens is 424 g/mol. The van der Waals surface area contributed by atoms with Crippen molar-refractivity contribution in [2.75, 3.05) is 7.11 Å². The number of nitrogens with zero attached hydrogens (tertiary/aromatic N) is 4. The highest BCUT2D eigenvalue weighted by Crippen LogP contribution is 2.31. The van der Waals surface area contributed by atoms with E-state index in [4.69, 9.17) is 20.8 Å². The summed E-state index contributed by atoms with van der Waals surface area (Å²) in [4.78, 5) is 12.1. The van der Waals surface area contributed by atoms with E-state index in [1.807, 2.05) is 44.2 Å². The van der Waals surface area contributed by atoms with Crippen LogP contribution >= 0.6 is 23.4 Å². The van der Waals surface area contributed by atoms with Crippen molar-refractivity contribution in [1.82, 2.24) is 20.2 Å². The molecule has 0 aliphatic carbocycles. The maximum absolute atomic E-state index is 12.1. The predicted octanol–water partition coefficient (Wildman–Crippen LogP) is 4.59. The molecule has 0 aliphatic heterocycles. The van der Waals surface area contributed by atoms with Crippen LogP contribution in [0.5, 0.6) is 5.75 Å². The molecule has 2 aromatic heterocycles. The number of hydrogen-bond donors (Lipinski definition) is 0. The number of methoxy groups -OCH3 is 1. The van der Waals surface area contributed by atoms with Gasteiger partial charge in [0, 0.05) is 22.2 Å². The highest BCUT2D eigenvalue weighted by Gasteiger charge is 2.16.